The molecule has 0 saturated heterocycles. The van der Waals surface area contributed by atoms with Gasteiger partial charge in [-0.05, 0) is 55.0 Å². The van der Waals surface area contributed by atoms with Gasteiger partial charge in [0.15, 0.2) is 5.78 Å². The van der Waals surface area contributed by atoms with E-state index in [9.17, 15) is 4.79 Å². The molecule has 3 heteroatoms. The number of hydrogen-bond acceptors (Lipinski definition) is 2. The molecule has 0 bridgehead atoms. The van der Waals surface area contributed by atoms with Gasteiger partial charge in [0.25, 0.3) is 0 Å². The highest BCUT2D eigenvalue weighted by atomic mass is 79.9. The van der Waals surface area contributed by atoms with Crippen molar-refractivity contribution < 1.29 is 9.53 Å². The van der Waals surface area contributed by atoms with Crippen molar-refractivity contribution in [2.45, 2.75) is 38.5 Å². The summed E-state index contributed by atoms with van der Waals surface area (Å²) in [6, 6.07) is 4.26. The summed E-state index contributed by atoms with van der Waals surface area (Å²) < 4.78 is 6.86. The second-order valence-electron chi connectivity index (χ2n) is 5.30. The molecule has 2 nitrogen and oxygen atoms in total. The van der Waals surface area contributed by atoms with Gasteiger partial charge in [0.1, 0.15) is 5.75 Å². The molecule has 0 fully saturated rings. The van der Waals surface area contributed by atoms with E-state index in [2.05, 4.69) is 28.1 Å². The molecule has 0 N–H and O–H groups in total. The lowest BCUT2D eigenvalue weighted by atomic mass is 9.98. The fraction of sp³-hybridized carbons (Fsp3) is 0.438. The normalized spacial score (nSPS) is 18.6. The Labute approximate surface area is 122 Å². The number of benzene rings is 1. The van der Waals surface area contributed by atoms with E-state index in [1.165, 1.54) is 16.7 Å². The van der Waals surface area contributed by atoms with Crippen molar-refractivity contribution in [2.75, 3.05) is 6.61 Å². The zero-order chi connectivity index (χ0) is 13.2. The number of rotatable bonds is 2. The van der Waals surface area contributed by atoms with Crippen LogP contribution in [0.15, 0.2) is 28.3 Å². The molecule has 100 valence electrons. The maximum Gasteiger partial charge on any atom is 0.155 e. The van der Waals surface area contributed by atoms with E-state index < -0.39 is 0 Å². The maximum atomic E-state index is 11.7. The summed E-state index contributed by atoms with van der Waals surface area (Å²) in [6.45, 7) is 0.775. The van der Waals surface area contributed by atoms with Crippen LogP contribution in [0.1, 0.15) is 36.8 Å². The van der Waals surface area contributed by atoms with Crippen LogP contribution in [0.5, 0.6) is 5.75 Å². The van der Waals surface area contributed by atoms with Crippen LogP contribution < -0.4 is 4.74 Å². The average Bonchev–Trinajstić information content (AvgIpc) is 2.73. The molecule has 1 aliphatic carbocycles. The Morgan fingerprint density at radius 2 is 2.00 bits per heavy atom. The first-order valence-electron chi connectivity index (χ1n) is 6.89. The third kappa shape index (κ3) is 2.92. The third-order valence-corrected chi connectivity index (χ3v) is 4.24. The van der Waals surface area contributed by atoms with Crippen molar-refractivity contribution in [2.24, 2.45) is 0 Å². The summed E-state index contributed by atoms with van der Waals surface area (Å²) in [4.78, 5) is 11.7. The van der Waals surface area contributed by atoms with Crippen LogP contribution in [0.25, 0.3) is 0 Å². The number of carbonyl (C=O) groups excluding carboxylic acids is 1. The average molecular weight is 321 g/mol. The van der Waals surface area contributed by atoms with Gasteiger partial charge in [-0.15, -0.1) is 0 Å². The molecule has 1 aromatic rings. The molecule has 1 aromatic carbocycles. The molecule has 0 radical (unpaired) electrons. The first kappa shape index (κ1) is 12.9. The van der Waals surface area contributed by atoms with E-state index >= 15 is 0 Å². The molecular formula is C16H17BrO2. The zero-order valence-corrected chi connectivity index (χ0v) is 12.5. The van der Waals surface area contributed by atoms with Crippen LogP contribution in [0.4, 0.5) is 0 Å². The standard InChI is InChI=1S/C16H17BrO2/c17-14-9-12-5-6-19-16(12)13(10-14)7-11-3-1-2-4-15(18)8-11/h8-10H,1-7H2. The summed E-state index contributed by atoms with van der Waals surface area (Å²) in [5, 5.41) is 0. The van der Waals surface area contributed by atoms with Gasteiger partial charge in [0, 0.05) is 17.3 Å². The number of allylic oxidation sites excluding steroid dienone is 2. The van der Waals surface area contributed by atoms with E-state index in [1.807, 2.05) is 6.08 Å². The van der Waals surface area contributed by atoms with Gasteiger partial charge in [-0.3, -0.25) is 4.79 Å². The molecule has 3 rings (SSSR count). The molecule has 1 aliphatic heterocycles. The van der Waals surface area contributed by atoms with E-state index in [0.717, 1.165) is 48.9 Å². The van der Waals surface area contributed by atoms with Gasteiger partial charge in [-0.2, -0.15) is 0 Å². The van der Waals surface area contributed by atoms with Crippen LogP contribution in [0.2, 0.25) is 0 Å². The molecular weight excluding hydrogens is 304 g/mol. The third-order valence-electron chi connectivity index (χ3n) is 3.78. The lowest BCUT2D eigenvalue weighted by Gasteiger charge is -2.11. The van der Waals surface area contributed by atoms with Gasteiger partial charge in [-0.25, -0.2) is 0 Å². The minimum atomic E-state index is 0.278. The number of ketones is 1. The second-order valence-corrected chi connectivity index (χ2v) is 6.22. The molecule has 0 spiro atoms. The summed E-state index contributed by atoms with van der Waals surface area (Å²) >= 11 is 3.57. The van der Waals surface area contributed by atoms with Crippen LogP contribution in [0, 0.1) is 0 Å². The minimum Gasteiger partial charge on any atom is -0.493 e. The summed E-state index contributed by atoms with van der Waals surface area (Å²) in [5.41, 5.74) is 3.74. The first-order valence-corrected chi connectivity index (χ1v) is 7.68. The Kier molecular flexibility index (Phi) is 3.74. The molecule has 0 aromatic heterocycles. The molecule has 0 unspecified atom stereocenters. The van der Waals surface area contributed by atoms with Crippen molar-refractivity contribution in [3.05, 3.63) is 39.4 Å². The highest BCUT2D eigenvalue weighted by Gasteiger charge is 2.19. The number of halogens is 1. The lowest BCUT2D eigenvalue weighted by Crippen LogP contribution is -1.97. The number of fused-ring (bicyclic) bond motifs is 1. The molecule has 0 atom stereocenters. The van der Waals surface area contributed by atoms with Crippen LogP contribution >= 0.6 is 15.9 Å². The fourth-order valence-electron chi connectivity index (χ4n) is 2.88. The van der Waals surface area contributed by atoms with E-state index in [4.69, 9.17) is 4.74 Å². The molecule has 1 heterocycles. The Morgan fingerprint density at radius 3 is 2.89 bits per heavy atom. The number of carbonyl (C=O) groups is 1. The highest BCUT2D eigenvalue weighted by Crippen LogP contribution is 2.35. The summed E-state index contributed by atoms with van der Waals surface area (Å²) in [7, 11) is 0. The second kappa shape index (κ2) is 5.49. The van der Waals surface area contributed by atoms with Crippen LogP contribution in [-0.4, -0.2) is 12.4 Å². The number of ether oxygens (including phenoxy) is 1. The fourth-order valence-corrected chi connectivity index (χ4v) is 3.44. The smallest absolute Gasteiger partial charge is 0.155 e. The topological polar surface area (TPSA) is 26.3 Å². The molecule has 19 heavy (non-hydrogen) atoms. The van der Waals surface area contributed by atoms with Crippen molar-refractivity contribution in [3.63, 3.8) is 0 Å². The van der Waals surface area contributed by atoms with E-state index in [1.54, 1.807) is 0 Å². The van der Waals surface area contributed by atoms with Gasteiger partial charge in [-0.1, -0.05) is 21.5 Å². The Balaban J connectivity index is 1.89. The quantitative estimate of drug-likeness (QED) is 0.823. The maximum absolute atomic E-state index is 11.7. The predicted molar refractivity (Wildman–Crippen MR) is 78.6 cm³/mol. The Hall–Kier alpha value is -1.09. The molecule has 2 aliphatic rings. The monoisotopic (exact) mass is 320 g/mol. The summed E-state index contributed by atoms with van der Waals surface area (Å²) in [5.74, 6) is 1.32. The molecule has 0 amide bonds. The largest absolute Gasteiger partial charge is 0.493 e. The van der Waals surface area contributed by atoms with Crippen LogP contribution in [0.3, 0.4) is 0 Å². The van der Waals surface area contributed by atoms with E-state index in [0.29, 0.717) is 6.42 Å². The Morgan fingerprint density at radius 1 is 1.16 bits per heavy atom. The first-order chi connectivity index (χ1) is 9.22. The van der Waals surface area contributed by atoms with Crippen molar-refractivity contribution in [3.8, 4) is 5.75 Å². The van der Waals surface area contributed by atoms with E-state index in [-0.39, 0.29) is 5.78 Å². The van der Waals surface area contributed by atoms with Crippen molar-refractivity contribution in [1.29, 1.82) is 0 Å². The number of hydrogen-bond donors (Lipinski definition) is 0. The van der Waals surface area contributed by atoms with Crippen LogP contribution in [-0.2, 0) is 17.6 Å². The van der Waals surface area contributed by atoms with Gasteiger partial charge in [0.2, 0.25) is 0 Å². The summed E-state index contributed by atoms with van der Waals surface area (Å²) in [6.07, 6.45) is 7.56. The highest BCUT2D eigenvalue weighted by molar-refractivity contribution is 9.10. The minimum absolute atomic E-state index is 0.278. The van der Waals surface area contributed by atoms with Gasteiger partial charge in [0.05, 0.1) is 6.61 Å². The van der Waals surface area contributed by atoms with Gasteiger partial charge < -0.3 is 4.74 Å². The van der Waals surface area contributed by atoms with Gasteiger partial charge >= 0.3 is 0 Å². The zero-order valence-electron chi connectivity index (χ0n) is 10.9. The SMILES string of the molecule is O=C1C=C(Cc2cc(Br)cc3c2OCC3)CCCC1. The van der Waals surface area contributed by atoms with Crippen molar-refractivity contribution >= 4 is 21.7 Å². The predicted octanol–water partition coefficient (Wildman–Crippen LogP) is 4.00. The molecule has 0 saturated carbocycles. The Bertz CT molecular complexity index is 546. The lowest BCUT2D eigenvalue weighted by molar-refractivity contribution is -0.114. The van der Waals surface area contributed by atoms with Crippen molar-refractivity contribution in [1.82, 2.24) is 0 Å².